The molecule has 0 atom stereocenters. The lowest BCUT2D eigenvalue weighted by molar-refractivity contribution is 0.291. The topological polar surface area (TPSA) is 27.1 Å². The molecule has 0 amide bonds. The summed E-state index contributed by atoms with van der Waals surface area (Å²) in [7, 11) is 0. The van der Waals surface area contributed by atoms with Gasteiger partial charge in [0.05, 0.1) is 11.7 Å². The van der Waals surface area contributed by atoms with Crippen LogP contribution in [0, 0.1) is 0 Å². The maximum Gasteiger partial charge on any atom is 0.132 e. The molecule has 112 valence electrons. The van der Waals surface area contributed by atoms with Crippen molar-refractivity contribution in [3.8, 4) is 5.75 Å². The molecular weight excluding hydrogens is 328 g/mol. The van der Waals surface area contributed by atoms with E-state index in [1.54, 1.807) is 0 Å². The second-order valence-corrected chi connectivity index (χ2v) is 6.21. The minimum absolute atomic E-state index is 0.533. The molecular formula is C17H21BrN2O. The molecule has 21 heavy (non-hydrogen) atoms. The Labute approximate surface area is 134 Å². The zero-order valence-electron chi connectivity index (χ0n) is 12.2. The molecule has 3 rings (SSSR count). The molecule has 4 heteroatoms. The SMILES string of the molecule is BrCc1cccc(OCc2ccn(C3CCCCC3)n2)c1. The number of rotatable bonds is 5. The first-order chi connectivity index (χ1) is 10.3. The number of benzene rings is 1. The van der Waals surface area contributed by atoms with Gasteiger partial charge in [0.1, 0.15) is 12.4 Å². The molecule has 1 aliphatic rings. The second kappa shape index (κ2) is 7.12. The van der Waals surface area contributed by atoms with Crippen molar-refractivity contribution in [3.05, 3.63) is 47.8 Å². The summed E-state index contributed by atoms with van der Waals surface area (Å²) in [5, 5.41) is 5.52. The van der Waals surface area contributed by atoms with Crippen molar-refractivity contribution in [2.75, 3.05) is 0 Å². The van der Waals surface area contributed by atoms with Crippen LogP contribution in [-0.2, 0) is 11.9 Å². The van der Waals surface area contributed by atoms with Gasteiger partial charge in [-0.15, -0.1) is 0 Å². The van der Waals surface area contributed by atoms with Crippen molar-refractivity contribution in [2.45, 2.75) is 50.1 Å². The smallest absolute Gasteiger partial charge is 0.132 e. The lowest BCUT2D eigenvalue weighted by Gasteiger charge is -2.21. The van der Waals surface area contributed by atoms with Gasteiger partial charge in [-0.3, -0.25) is 4.68 Å². The number of alkyl halides is 1. The maximum atomic E-state index is 5.84. The summed E-state index contributed by atoms with van der Waals surface area (Å²) in [5.41, 5.74) is 2.23. The van der Waals surface area contributed by atoms with Crippen molar-refractivity contribution in [1.29, 1.82) is 0 Å². The highest BCUT2D eigenvalue weighted by Gasteiger charge is 2.16. The van der Waals surface area contributed by atoms with Crippen molar-refractivity contribution < 1.29 is 4.74 Å². The molecule has 1 aliphatic carbocycles. The lowest BCUT2D eigenvalue weighted by Crippen LogP contribution is -2.13. The third-order valence-electron chi connectivity index (χ3n) is 4.05. The van der Waals surface area contributed by atoms with Gasteiger partial charge in [0, 0.05) is 11.5 Å². The highest BCUT2D eigenvalue weighted by molar-refractivity contribution is 9.08. The van der Waals surface area contributed by atoms with E-state index in [1.807, 2.05) is 12.1 Å². The maximum absolute atomic E-state index is 5.84. The summed E-state index contributed by atoms with van der Waals surface area (Å²) in [5.74, 6) is 0.902. The number of aromatic nitrogens is 2. The van der Waals surface area contributed by atoms with Crippen molar-refractivity contribution >= 4 is 15.9 Å². The first kappa shape index (κ1) is 14.6. The molecule has 1 fully saturated rings. The summed E-state index contributed by atoms with van der Waals surface area (Å²) >= 11 is 3.46. The van der Waals surface area contributed by atoms with E-state index in [0.29, 0.717) is 12.6 Å². The van der Waals surface area contributed by atoms with Crippen LogP contribution in [0.15, 0.2) is 36.5 Å². The second-order valence-electron chi connectivity index (χ2n) is 5.65. The van der Waals surface area contributed by atoms with Gasteiger partial charge in [-0.05, 0) is 36.6 Å². The first-order valence-electron chi connectivity index (χ1n) is 7.67. The highest BCUT2D eigenvalue weighted by Crippen LogP contribution is 2.27. The predicted octanol–water partition coefficient (Wildman–Crippen LogP) is 4.86. The van der Waals surface area contributed by atoms with Crippen molar-refractivity contribution in [1.82, 2.24) is 9.78 Å². The number of hydrogen-bond acceptors (Lipinski definition) is 2. The van der Waals surface area contributed by atoms with E-state index in [1.165, 1.54) is 37.7 Å². The van der Waals surface area contributed by atoms with Crippen LogP contribution < -0.4 is 4.74 Å². The average molecular weight is 349 g/mol. The molecule has 0 saturated heterocycles. The van der Waals surface area contributed by atoms with Gasteiger partial charge in [0.25, 0.3) is 0 Å². The lowest BCUT2D eigenvalue weighted by atomic mass is 9.96. The van der Waals surface area contributed by atoms with Crippen molar-refractivity contribution in [2.24, 2.45) is 0 Å². The molecule has 1 heterocycles. The summed E-state index contributed by atoms with van der Waals surface area (Å²) in [4.78, 5) is 0. The molecule has 0 bridgehead atoms. The van der Waals surface area contributed by atoms with Crippen LogP contribution in [0.1, 0.15) is 49.4 Å². The van der Waals surface area contributed by atoms with Crippen LogP contribution in [-0.4, -0.2) is 9.78 Å². The summed E-state index contributed by atoms with van der Waals surface area (Å²) in [6.07, 6.45) is 8.65. The fraction of sp³-hybridized carbons (Fsp3) is 0.471. The Morgan fingerprint density at radius 1 is 1.19 bits per heavy atom. The Kier molecular flexibility index (Phi) is 4.96. The van der Waals surface area contributed by atoms with Gasteiger partial charge >= 0.3 is 0 Å². The Morgan fingerprint density at radius 3 is 2.86 bits per heavy atom. The Balaban J connectivity index is 1.59. The summed E-state index contributed by atoms with van der Waals surface area (Å²) in [6, 6.07) is 10.8. The van der Waals surface area contributed by atoms with E-state index >= 15 is 0 Å². The van der Waals surface area contributed by atoms with E-state index in [9.17, 15) is 0 Å². The number of hydrogen-bond donors (Lipinski definition) is 0. The minimum Gasteiger partial charge on any atom is -0.487 e. The number of nitrogens with zero attached hydrogens (tertiary/aromatic N) is 2. The summed E-state index contributed by atoms with van der Waals surface area (Å²) < 4.78 is 7.97. The molecule has 3 nitrogen and oxygen atoms in total. The van der Waals surface area contributed by atoms with Crippen molar-refractivity contribution in [3.63, 3.8) is 0 Å². The normalized spacial score (nSPS) is 16.0. The van der Waals surface area contributed by atoms with E-state index in [-0.39, 0.29) is 0 Å². The third kappa shape index (κ3) is 3.88. The average Bonchev–Trinajstić information content (AvgIpc) is 3.03. The van der Waals surface area contributed by atoms with Gasteiger partial charge in [0.15, 0.2) is 0 Å². The molecule has 1 saturated carbocycles. The molecule has 0 aliphatic heterocycles. The van der Waals surface area contributed by atoms with Gasteiger partial charge in [-0.1, -0.05) is 47.3 Å². The largest absolute Gasteiger partial charge is 0.487 e. The first-order valence-corrected chi connectivity index (χ1v) is 8.79. The number of halogens is 1. The van der Waals surface area contributed by atoms with Crippen LogP contribution in [0.5, 0.6) is 5.75 Å². The van der Waals surface area contributed by atoms with Gasteiger partial charge in [0.2, 0.25) is 0 Å². The fourth-order valence-electron chi connectivity index (χ4n) is 2.88. The summed E-state index contributed by atoms with van der Waals surface area (Å²) in [6.45, 7) is 0.533. The third-order valence-corrected chi connectivity index (χ3v) is 4.70. The van der Waals surface area contributed by atoms with Crippen LogP contribution in [0.3, 0.4) is 0 Å². The zero-order chi connectivity index (χ0) is 14.5. The van der Waals surface area contributed by atoms with Crippen LogP contribution in [0.2, 0.25) is 0 Å². The van der Waals surface area contributed by atoms with Crippen LogP contribution in [0.25, 0.3) is 0 Å². The monoisotopic (exact) mass is 348 g/mol. The van der Waals surface area contributed by atoms with Crippen LogP contribution >= 0.6 is 15.9 Å². The van der Waals surface area contributed by atoms with E-state index in [0.717, 1.165) is 16.8 Å². The molecule has 1 aromatic carbocycles. The predicted molar refractivity (Wildman–Crippen MR) is 87.8 cm³/mol. The molecule has 0 unspecified atom stereocenters. The van der Waals surface area contributed by atoms with Gasteiger partial charge < -0.3 is 4.74 Å². The Morgan fingerprint density at radius 2 is 2.05 bits per heavy atom. The van der Waals surface area contributed by atoms with Gasteiger partial charge in [-0.25, -0.2) is 0 Å². The van der Waals surface area contributed by atoms with E-state index in [2.05, 4.69) is 50.1 Å². The molecule has 0 N–H and O–H groups in total. The fourth-order valence-corrected chi connectivity index (χ4v) is 3.23. The molecule has 0 radical (unpaired) electrons. The van der Waals surface area contributed by atoms with Gasteiger partial charge in [-0.2, -0.15) is 5.10 Å². The molecule has 0 spiro atoms. The standard InChI is InChI=1S/C17H21BrN2O/c18-12-14-5-4-8-17(11-14)21-13-15-9-10-20(19-15)16-6-2-1-3-7-16/h4-5,8-11,16H,1-3,6-7,12-13H2. The van der Waals surface area contributed by atoms with E-state index < -0.39 is 0 Å². The zero-order valence-corrected chi connectivity index (χ0v) is 13.8. The molecule has 1 aromatic heterocycles. The van der Waals surface area contributed by atoms with E-state index in [4.69, 9.17) is 4.74 Å². The molecule has 2 aromatic rings. The quantitative estimate of drug-likeness (QED) is 0.721. The minimum atomic E-state index is 0.533. The highest BCUT2D eigenvalue weighted by atomic mass is 79.9. The van der Waals surface area contributed by atoms with Crippen LogP contribution in [0.4, 0.5) is 0 Å². The Hall–Kier alpha value is -1.29. The Bertz CT molecular complexity index is 576. The number of ether oxygens (including phenoxy) is 1.